The molecular formula is C11H16F3NO4. The summed E-state index contributed by atoms with van der Waals surface area (Å²) in [7, 11) is 0.906. The summed E-state index contributed by atoms with van der Waals surface area (Å²) in [6.07, 6.45) is -5.94. The van der Waals surface area contributed by atoms with E-state index in [0.717, 1.165) is 7.11 Å². The first-order valence-electron chi connectivity index (χ1n) is 5.25. The summed E-state index contributed by atoms with van der Waals surface area (Å²) in [5.74, 6) is -1.30. The van der Waals surface area contributed by atoms with E-state index in [4.69, 9.17) is 4.74 Å². The van der Waals surface area contributed by atoms with Crippen LogP contribution in [0.2, 0.25) is 0 Å². The Bertz CT molecular complexity index is 394. The quantitative estimate of drug-likeness (QED) is 0.624. The Hall–Kier alpha value is -1.73. The molecule has 0 aromatic rings. The van der Waals surface area contributed by atoms with Gasteiger partial charge < -0.3 is 9.47 Å². The van der Waals surface area contributed by atoms with Crippen LogP contribution in [0.1, 0.15) is 27.7 Å². The molecule has 0 aliphatic rings. The van der Waals surface area contributed by atoms with Crippen LogP contribution in [0.3, 0.4) is 0 Å². The maximum atomic E-state index is 12.5. The van der Waals surface area contributed by atoms with Crippen molar-refractivity contribution >= 4 is 12.1 Å². The molecule has 0 rings (SSSR count). The second-order valence-corrected chi connectivity index (χ2v) is 4.62. The van der Waals surface area contributed by atoms with Crippen molar-refractivity contribution in [2.75, 3.05) is 7.11 Å². The number of esters is 1. The fraction of sp³-hybridized carbons (Fsp3) is 0.636. The molecule has 1 N–H and O–H groups in total. The number of amides is 1. The first-order valence-corrected chi connectivity index (χ1v) is 5.25. The lowest BCUT2D eigenvalue weighted by Gasteiger charge is -2.21. The van der Waals surface area contributed by atoms with Gasteiger partial charge in [-0.25, -0.2) is 9.59 Å². The number of alkyl carbamates (subject to hydrolysis) is 1. The summed E-state index contributed by atoms with van der Waals surface area (Å²) in [6, 6.07) is 0. The van der Waals surface area contributed by atoms with E-state index in [-0.39, 0.29) is 0 Å². The number of halogens is 3. The molecule has 0 radical (unpaired) electrons. The van der Waals surface area contributed by atoms with Crippen LogP contribution in [-0.2, 0) is 14.3 Å². The number of hydrogen-bond donors (Lipinski definition) is 1. The lowest BCUT2D eigenvalue weighted by Crippen LogP contribution is -2.36. The molecule has 0 bridgehead atoms. The van der Waals surface area contributed by atoms with Gasteiger partial charge in [0.1, 0.15) is 11.3 Å². The highest BCUT2D eigenvalue weighted by Crippen LogP contribution is 2.27. The molecular weight excluding hydrogens is 267 g/mol. The van der Waals surface area contributed by atoms with Crippen LogP contribution < -0.4 is 5.32 Å². The van der Waals surface area contributed by atoms with Crippen LogP contribution in [-0.4, -0.2) is 30.9 Å². The van der Waals surface area contributed by atoms with Crippen molar-refractivity contribution < 1.29 is 32.2 Å². The van der Waals surface area contributed by atoms with E-state index >= 15 is 0 Å². The summed E-state index contributed by atoms with van der Waals surface area (Å²) in [6.45, 7) is 5.25. The van der Waals surface area contributed by atoms with Crippen molar-refractivity contribution in [1.29, 1.82) is 0 Å². The fourth-order valence-electron chi connectivity index (χ4n) is 0.947. The molecule has 19 heavy (non-hydrogen) atoms. The van der Waals surface area contributed by atoms with Gasteiger partial charge in [-0.2, -0.15) is 13.2 Å². The Kier molecular flexibility index (Phi) is 5.40. The highest BCUT2D eigenvalue weighted by Gasteiger charge is 2.36. The molecule has 0 aliphatic carbocycles. The zero-order chi connectivity index (χ0) is 15.4. The van der Waals surface area contributed by atoms with Gasteiger partial charge in [-0.1, -0.05) is 0 Å². The van der Waals surface area contributed by atoms with Gasteiger partial charge >= 0.3 is 18.2 Å². The molecule has 0 spiro atoms. The van der Waals surface area contributed by atoms with E-state index in [9.17, 15) is 22.8 Å². The number of carbonyl (C=O) groups excluding carboxylic acids is 2. The number of hydrogen-bond acceptors (Lipinski definition) is 4. The highest BCUT2D eigenvalue weighted by atomic mass is 19.4. The molecule has 0 aromatic carbocycles. The third-order valence-corrected chi connectivity index (χ3v) is 1.82. The lowest BCUT2D eigenvalue weighted by molar-refractivity contribution is -0.138. The molecule has 0 saturated carbocycles. The predicted octanol–water partition coefficient (Wildman–Crippen LogP) is 2.52. The van der Waals surface area contributed by atoms with Gasteiger partial charge in [0.25, 0.3) is 0 Å². The second kappa shape index (κ2) is 5.94. The van der Waals surface area contributed by atoms with E-state index in [1.807, 2.05) is 0 Å². The van der Waals surface area contributed by atoms with E-state index in [2.05, 4.69) is 4.74 Å². The van der Waals surface area contributed by atoms with Crippen molar-refractivity contribution in [3.63, 3.8) is 0 Å². The summed E-state index contributed by atoms with van der Waals surface area (Å²) in [5.41, 5.74) is -3.17. The third kappa shape index (κ3) is 6.12. The van der Waals surface area contributed by atoms with E-state index in [1.165, 1.54) is 20.8 Å². The summed E-state index contributed by atoms with van der Waals surface area (Å²) >= 11 is 0. The Morgan fingerprint density at radius 1 is 1.11 bits per heavy atom. The molecule has 0 unspecified atom stereocenters. The topological polar surface area (TPSA) is 64.6 Å². The van der Waals surface area contributed by atoms with Crippen molar-refractivity contribution in [3.05, 3.63) is 11.3 Å². The minimum atomic E-state index is -4.77. The maximum Gasteiger partial charge on any atom is 0.414 e. The highest BCUT2D eigenvalue weighted by molar-refractivity contribution is 5.93. The van der Waals surface area contributed by atoms with Crippen LogP contribution in [0.25, 0.3) is 0 Å². The summed E-state index contributed by atoms with van der Waals surface area (Å²) < 4.78 is 46.5. The molecule has 0 saturated heterocycles. The number of ether oxygens (including phenoxy) is 2. The first kappa shape index (κ1) is 17.3. The standard InChI is InChI=1S/C11H16F3NO4/c1-6(11(12,13)14)7(8(16)18-5)15-9(17)19-10(2,3)4/h1-5H3,(H,15,17)/b7-6+. The van der Waals surface area contributed by atoms with Crippen LogP contribution in [0.15, 0.2) is 11.3 Å². The molecule has 0 atom stereocenters. The van der Waals surface area contributed by atoms with Gasteiger partial charge in [-0.3, -0.25) is 5.32 Å². The molecule has 0 aliphatic heterocycles. The number of allylic oxidation sites excluding steroid dienone is 1. The Balaban J connectivity index is 5.23. The van der Waals surface area contributed by atoms with Crippen LogP contribution in [0, 0.1) is 0 Å². The van der Waals surface area contributed by atoms with Gasteiger partial charge in [0.05, 0.1) is 12.7 Å². The van der Waals surface area contributed by atoms with Gasteiger partial charge in [0.15, 0.2) is 0 Å². The Morgan fingerprint density at radius 2 is 1.58 bits per heavy atom. The average Bonchev–Trinajstić information content (AvgIpc) is 2.20. The normalized spacial score (nSPS) is 13.5. The van der Waals surface area contributed by atoms with Crippen molar-refractivity contribution in [2.45, 2.75) is 39.5 Å². The van der Waals surface area contributed by atoms with Gasteiger partial charge in [-0.15, -0.1) is 0 Å². The minimum Gasteiger partial charge on any atom is -0.464 e. The van der Waals surface area contributed by atoms with Crippen LogP contribution in [0.5, 0.6) is 0 Å². The zero-order valence-electron chi connectivity index (χ0n) is 11.3. The van der Waals surface area contributed by atoms with Gasteiger partial charge in [0.2, 0.25) is 0 Å². The molecule has 110 valence electrons. The van der Waals surface area contributed by atoms with Gasteiger partial charge in [-0.05, 0) is 27.7 Å². The van der Waals surface area contributed by atoms with Crippen molar-refractivity contribution in [3.8, 4) is 0 Å². The predicted molar refractivity (Wildman–Crippen MR) is 60.1 cm³/mol. The molecule has 5 nitrogen and oxygen atoms in total. The Labute approximate surface area is 108 Å². The molecule has 0 fully saturated rings. The maximum absolute atomic E-state index is 12.5. The number of methoxy groups -OCH3 is 1. The molecule has 0 heterocycles. The van der Waals surface area contributed by atoms with Crippen molar-refractivity contribution in [2.24, 2.45) is 0 Å². The monoisotopic (exact) mass is 283 g/mol. The van der Waals surface area contributed by atoms with Gasteiger partial charge in [0, 0.05) is 0 Å². The number of carbonyl (C=O) groups is 2. The van der Waals surface area contributed by atoms with Crippen LogP contribution >= 0.6 is 0 Å². The average molecular weight is 283 g/mol. The SMILES string of the molecule is COC(=O)/C(NC(=O)OC(C)(C)C)=C(/C)C(F)(F)F. The number of nitrogens with one attached hydrogen (secondary N) is 1. The third-order valence-electron chi connectivity index (χ3n) is 1.82. The number of alkyl halides is 3. The van der Waals surface area contributed by atoms with E-state index in [1.54, 1.807) is 5.32 Å². The second-order valence-electron chi connectivity index (χ2n) is 4.62. The molecule has 1 amide bonds. The Morgan fingerprint density at radius 3 is 1.89 bits per heavy atom. The smallest absolute Gasteiger partial charge is 0.414 e. The van der Waals surface area contributed by atoms with Crippen LogP contribution in [0.4, 0.5) is 18.0 Å². The molecule has 0 aromatic heterocycles. The summed E-state index contributed by atoms with van der Waals surface area (Å²) in [4.78, 5) is 22.6. The zero-order valence-corrected chi connectivity index (χ0v) is 11.3. The number of rotatable bonds is 2. The largest absolute Gasteiger partial charge is 0.464 e. The summed E-state index contributed by atoms with van der Waals surface area (Å²) in [5, 5.41) is 1.75. The molecule has 8 heteroatoms. The van der Waals surface area contributed by atoms with E-state index < -0.39 is 35.1 Å². The minimum absolute atomic E-state index is 0.656. The van der Waals surface area contributed by atoms with Crippen molar-refractivity contribution in [1.82, 2.24) is 5.32 Å². The lowest BCUT2D eigenvalue weighted by atomic mass is 10.2. The fourth-order valence-corrected chi connectivity index (χ4v) is 0.947. The van der Waals surface area contributed by atoms with E-state index in [0.29, 0.717) is 6.92 Å². The first-order chi connectivity index (χ1) is 8.38.